The zero-order valence-electron chi connectivity index (χ0n) is 10.7. The van der Waals surface area contributed by atoms with Gasteiger partial charge >= 0.3 is 0 Å². The van der Waals surface area contributed by atoms with Crippen molar-refractivity contribution in [3.05, 3.63) is 23.8 Å². The molecule has 2 rings (SSSR count). The lowest BCUT2D eigenvalue weighted by molar-refractivity contribution is -0.124. The largest absolute Gasteiger partial charge is 0.497 e. The summed E-state index contributed by atoms with van der Waals surface area (Å²) < 4.78 is 10.5. The van der Waals surface area contributed by atoms with Gasteiger partial charge in [0.25, 0.3) is 0 Å². The monoisotopic (exact) mass is 250 g/mol. The average Bonchev–Trinajstić information content (AvgIpc) is 2.41. The Balaban J connectivity index is 2.14. The van der Waals surface area contributed by atoms with Crippen LogP contribution in [0, 0.1) is 0 Å². The van der Waals surface area contributed by atoms with E-state index < -0.39 is 0 Å². The second-order valence-corrected chi connectivity index (χ2v) is 4.18. The molecule has 0 unspecified atom stereocenters. The Morgan fingerprint density at radius 1 is 1.28 bits per heavy atom. The van der Waals surface area contributed by atoms with Crippen LogP contribution in [0.3, 0.4) is 0 Å². The van der Waals surface area contributed by atoms with Gasteiger partial charge in [-0.1, -0.05) is 6.07 Å². The minimum absolute atomic E-state index is 0.0409. The molecule has 0 spiro atoms. The van der Waals surface area contributed by atoms with E-state index in [2.05, 4.69) is 10.6 Å². The Hall–Kier alpha value is -1.75. The fraction of sp³-hybridized carbons (Fsp3) is 0.462. The molecule has 0 aromatic heterocycles. The van der Waals surface area contributed by atoms with Crippen molar-refractivity contribution >= 4 is 5.91 Å². The molecule has 1 fully saturated rings. The van der Waals surface area contributed by atoms with E-state index in [0.29, 0.717) is 13.0 Å². The summed E-state index contributed by atoms with van der Waals surface area (Å²) in [4.78, 5) is 11.7. The summed E-state index contributed by atoms with van der Waals surface area (Å²) in [5.74, 6) is 1.53. The molecule has 98 valence electrons. The number of amides is 1. The van der Waals surface area contributed by atoms with Gasteiger partial charge in [0.1, 0.15) is 11.5 Å². The summed E-state index contributed by atoms with van der Waals surface area (Å²) in [7, 11) is 3.23. The smallest absolute Gasteiger partial charge is 0.237 e. The van der Waals surface area contributed by atoms with Crippen molar-refractivity contribution in [2.75, 3.05) is 27.3 Å². The molecule has 1 saturated heterocycles. The second kappa shape index (κ2) is 5.73. The summed E-state index contributed by atoms with van der Waals surface area (Å²) in [5, 5.41) is 6.04. The summed E-state index contributed by atoms with van der Waals surface area (Å²) in [6.07, 6.45) is 0.610. The van der Waals surface area contributed by atoms with Crippen molar-refractivity contribution in [3.8, 4) is 11.5 Å². The van der Waals surface area contributed by atoms with Gasteiger partial charge in [-0.3, -0.25) is 4.79 Å². The van der Waals surface area contributed by atoms with E-state index in [-0.39, 0.29) is 11.9 Å². The first kappa shape index (κ1) is 12.7. The van der Waals surface area contributed by atoms with Crippen molar-refractivity contribution in [3.63, 3.8) is 0 Å². The summed E-state index contributed by atoms with van der Waals surface area (Å²) in [6.45, 7) is 1.49. The van der Waals surface area contributed by atoms with E-state index in [1.54, 1.807) is 14.2 Å². The molecule has 1 aromatic carbocycles. The maximum atomic E-state index is 11.7. The number of benzene rings is 1. The highest BCUT2D eigenvalue weighted by Gasteiger charge is 2.22. The van der Waals surface area contributed by atoms with E-state index >= 15 is 0 Å². The van der Waals surface area contributed by atoms with Crippen molar-refractivity contribution < 1.29 is 14.3 Å². The molecule has 1 atom stereocenters. The van der Waals surface area contributed by atoms with Crippen LogP contribution >= 0.6 is 0 Å². The maximum absolute atomic E-state index is 11.7. The van der Waals surface area contributed by atoms with Crippen molar-refractivity contribution in [1.82, 2.24) is 10.6 Å². The fourth-order valence-corrected chi connectivity index (χ4v) is 2.05. The summed E-state index contributed by atoms with van der Waals surface area (Å²) in [6, 6.07) is 5.44. The number of ether oxygens (including phenoxy) is 2. The van der Waals surface area contributed by atoms with Crippen molar-refractivity contribution in [1.29, 1.82) is 0 Å². The van der Waals surface area contributed by atoms with Gasteiger partial charge < -0.3 is 20.1 Å². The van der Waals surface area contributed by atoms with Crippen LogP contribution < -0.4 is 20.1 Å². The number of nitrogens with one attached hydrogen (secondary N) is 2. The van der Waals surface area contributed by atoms with E-state index in [9.17, 15) is 4.79 Å². The Labute approximate surface area is 106 Å². The van der Waals surface area contributed by atoms with E-state index in [4.69, 9.17) is 9.47 Å². The van der Waals surface area contributed by atoms with Crippen LogP contribution in [-0.2, 0) is 11.2 Å². The Kier molecular flexibility index (Phi) is 4.04. The maximum Gasteiger partial charge on any atom is 0.237 e. The first-order chi connectivity index (χ1) is 8.74. The predicted molar refractivity (Wildman–Crippen MR) is 68.1 cm³/mol. The first-order valence-electron chi connectivity index (χ1n) is 5.96. The molecule has 0 aliphatic carbocycles. The number of hydrogen-bond acceptors (Lipinski definition) is 4. The van der Waals surface area contributed by atoms with Crippen LogP contribution in [0.15, 0.2) is 18.2 Å². The molecule has 0 radical (unpaired) electrons. The van der Waals surface area contributed by atoms with Gasteiger partial charge in [-0.15, -0.1) is 0 Å². The average molecular weight is 250 g/mol. The van der Waals surface area contributed by atoms with Gasteiger partial charge in [-0.25, -0.2) is 0 Å². The van der Waals surface area contributed by atoms with Gasteiger partial charge in [-0.05, 0) is 11.6 Å². The number of carbonyl (C=O) groups excluding carboxylic acids is 1. The Morgan fingerprint density at radius 3 is 2.78 bits per heavy atom. The molecule has 1 heterocycles. The molecule has 2 N–H and O–H groups in total. The molecule has 0 saturated carbocycles. The highest BCUT2D eigenvalue weighted by molar-refractivity contribution is 5.82. The van der Waals surface area contributed by atoms with Gasteiger partial charge in [-0.2, -0.15) is 0 Å². The standard InChI is InChI=1S/C13H18N2O3/c1-17-10-4-3-9(12(8-10)18-2)7-11-13(16)15-6-5-14-11/h3-4,8,11,14H,5-7H2,1-2H3,(H,15,16)/t11-/m1/s1. The molecule has 1 aliphatic rings. The van der Waals surface area contributed by atoms with Gasteiger partial charge in [0.2, 0.25) is 5.91 Å². The van der Waals surface area contributed by atoms with Crippen LogP contribution in [-0.4, -0.2) is 39.3 Å². The van der Waals surface area contributed by atoms with Crippen LogP contribution in [0.5, 0.6) is 11.5 Å². The third kappa shape index (κ3) is 2.73. The lowest BCUT2D eigenvalue weighted by Gasteiger charge is -2.24. The van der Waals surface area contributed by atoms with Crippen LogP contribution in [0.4, 0.5) is 0 Å². The minimum atomic E-state index is -0.193. The number of hydrogen-bond donors (Lipinski definition) is 2. The molecule has 5 nitrogen and oxygen atoms in total. The quantitative estimate of drug-likeness (QED) is 0.808. The number of carbonyl (C=O) groups is 1. The molecular formula is C13H18N2O3. The van der Waals surface area contributed by atoms with Gasteiger partial charge in [0.15, 0.2) is 0 Å². The highest BCUT2D eigenvalue weighted by atomic mass is 16.5. The third-order valence-corrected chi connectivity index (χ3v) is 3.05. The summed E-state index contributed by atoms with van der Waals surface area (Å²) >= 11 is 0. The van der Waals surface area contributed by atoms with Gasteiger partial charge in [0, 0.05) is 25.6 Å². The molecule has 1 amide bonds. The Morgan fingerprint density at radius 2 is 2.11 bits per heavy atom. The Bertz CT molecular complexity index is 434. The zero-order valence-corrected chi connectivity index (χ0v) is 10.7. The van der Waals surface area contributed by atoms with Crippen LogP contribution in [0.2, 0.25) is 0 Å². The first-order valence-corrected chi connectivity index (χ1v) is 5.96. The van der Waals surface area contributed by atoms with Crippen LogP contribution in [0.1, 0.15) is 5.56 Å². The molecular weight excluding hydrogens is 232 g/mol. The number of piperazine rings is 1. The zero-order chi connectivity index (χ0) is 13.0. The van der Waals surface area contributed by atoms with E-state index in [1.165, 1.54) is 0 Å². The molecule has 0 bridgehead atoms. The topological polar surface area (TPSA) is 59.6 Å². The van der Waals surface area contributed by atoms with Crippen molar-refractivity contribution in [2.45, 2.75) is 12.5 Å². The molecule has 18 heavy (non-hydrogen) atoms. The molecule has 1 aliphatic heterocycles. The highest BCUT2D eigenvalue weighted by Crippen LogP contribution is 2.25. The second-order valence-electron chi connectivity index (χ2n) is 4.18. The lowest BCUT2D eigenvalue weighted by atomic mass is 10.0. The molecule has 5 heteroatoms. The number of methoxy groups -OCH3 is 2. The summed E-state index contributed by atoms with van der Waals surface area (Å²) in [5.41, 5.74) is 0.993. The predicted octanol–water partition coefficient (Wildman–Crippen LogP) is 0.334. The van der Waals surface area contributed by atoms with E-state index in [0.717, 1.165) is 23.6 Å². The normalized spacial score (nSPS) is 19.2. The number of rotatable bonds is 4. The van der Waals surface area contributed by atoms with E-state index in [1.807, 2.05) is 18.2 Å². The van der Waals surface area contributed by atoms with Crippen molar-refractivity contribution in [2.24, 2.45) is 0 Å². The lowest BCUT2D eigenvalue weighted by Crippen LogP contribution is -2.53. The van der Waals surface area contributed by atoms with Crippen LogP contribution in [0.25, 0.3) is 0 Å². The SMILES string of the molecule is COc1ccc(C[C@H]2NCCNC2=O)c(OC)c1. The fourth-order valence-electron chi connectivity index (χ4n) is 2.05. The van der Waals surface area contributed by atoms with Gasteiger partial charge in [0.05, 0.1) is 20.3 Å². The molecule has 1 aromatic rings. The third-order valence-electron chi connectivity index (χ3n) is 3.05. The minimum Gasteiger partial charge on any atom is -0.497 e.